The summed E-state index contributed by atoms with van der Waals surface area (Å²) in [5, 5.41) is 3.96. The summed E-state index contributed by atoms with van der Waals surface area (Å²) >= 11 is 23.9. The Morgan fingerprint density at radius 2 is 1.62 bits per heavy atom. The molecule has 3 nitrogen and oxygen atoms in total. The predicted molar refractivity (Wildman–Crippen MR) is 87.4 cm³/mol. The molecule has 0 heterocycles. The quantitative estimate of drug-likeness (QED) is 0.773. The number of rotatable bonds is 3. The van der Waals surface area contributed by atoms with Gasteiger partial charge in [-0.15, -0.1) is 0 Å². The summed E-state index contributed by atoms with van der Waals surface area (Å²) in [7, 11) is 1.44. The third kappa shape index (κ3) is 3.74. The monoisotopic (exact) mass is 363 g/mol. The van der Waals surface area contributed by atoms with E-state index in [9.17, 15) is 4.79 Å². The van der Waals surface area contributed by atoms with E-state index in [2.05, 4.69) is 5.32 Å². The summed E-state index contributed by atoms with van der Waals surface area (Å²) in [6, 6.07) is 7.68. The molecule has 21 heavy (non-hydrogen) atoms. The third-order valence-corrected chi connectivity index (χ3v) is 3.77. The van der Waals surface area contributed by atoms with Crippen molar-refractivity contribution in [2.45, 2.75) is 0 Å². The van der Waals surface area contributed by atoms with Gasteiger partial charge in [-0.25, -0.2) is 0 Å². The lowest BCUT2D eigenvalue weighted by Crippen LogP contribution is -2.12. The van der Waals surface area contributed by atoms with Crippen LogP contribution in [0.15, 0.2) is 30.3 Å². The number of methoxy groups -OCH3 is 1. The lowest BCUT2D eigenvalue weighted by molar-refractivity contribution is 0.102. The van der Waals surface area contributed by atoms with Gasteiger partial charge in [0.25, 0.3) is 5.91 Å². The van der Waals surface area contributed by atoms with Gasteiger partial charge in [0.1, 0.15) is 0 Å². The fraction of sp³-hybridized carbons (Fsp3) is 0.0714. The van der Waals surface area contributed by atoms with E-state index in [4.69, 9.17) is 51.1 Å². The van der Waals surface area contributed by atoms with Gasteiger partial charge in [-0.05, 0) is 30.3 Å². The lowest BCUT2D eigenvalue weighted by Gasteiger charge is -2.10. The number of benzene rings is 2. The molecule has 0 saturated carbocycles. The Kier molecular flexibility index (Phi) is 5.22. The molecule has 0 aliphatic carbocycles. The van der Waals surface area contributed by atoms with Gasteiger partial charge in [0.2, 0.25) is 0 Å². The first-order valence-electron chi connectivity index (χ1n) is 5.72. The first kappa shape index (κ1) is 16.2. The van der Waals surface area contributed by atoms with Gasteiger partial charge in [0.05, 0.1) is 27.9 Å². The van der Waals surface area contributed by atoms with Crippen molar-refractivity contribution in [3.05, 3.63) is 56.0 Å². The van der Waals surface area contributed by atoms with Gasteiger partial charge in [-0.3, -0.25) is 4.79 Å². The highest BCUT2D eigenvalue weighted by Crippen LogP contribution is 2.34. The Morgan fingerprint density at radius 3 is 2.19 bits per heavy atom. The summed E-state index contributed by atoms with van der Waals surface area (Å²) in [6.45, 7) is 0. The molecule has 0 fully saturated rings. The first-order chi connectivity index (χ1) is 9.92. The maximum atomic E-state index is 12.2. The van der Waals surface area contributed by atoms with Crippen LogP contribution in [0.2, 0.25) is 20.1 Å². The van der Waals surface area contributed by atoms with Crippen molar-refractivity contribution in [1.82, 2.24) is 0 Å². The molecule has 7 heteroatoms. The molecule has 1 amide bonds. The van der Waals surface area contributed by atoms with Gasteiger partial charge in [-0.2, -0.15) is 0 Å². The van der Waals surface area contributed by atoms with Crippen LogP contribution in [0.4, 0.5) is 5.69 Å². The number of ether oxygens (including phenoxy) is 1. The van der Waals surface area contributed by atoms with Gasteiger partial charge >= 0.3 is 0 Å². The van der Waals surface area contributed by atoms with Crippen molar-refractivity contribution in [2.75, 3.05) is 12.4 Å². The zero-order valence-electron chi connectivity index (χ0n) is 10.7. The fourth-order valence-electron chi connectivity index (χ4n) is 1.67. The van der Waals surface area contributed by atoms with Crippen molar-refractivity contribution < 1.29 is 9.53 Å². The topological polar surface area (TPSA) is 38.3 Å². The van der Waals surface area contributed by atoms with Crippen molar-refractivity contribution in [1.29, 1.82) is 0 Å². The number of amides is 1. The second-order valence-corrected chi connectivity index (χ2v) is 5.71. The summed E-state index contributed by atoms with van der Waals surface area (Å²) in [4.78, 5) is 12.2. The van der Waals surface area contributed by atoms with Crippen LogP contribution in [0.25, 0.3) is 0 Å². The number of hydrogen-bond donors (Lipinski definition) is 1. The van der Waals surface area contributed by atoms with Gasteiger partial charge in [0, 0.05) is 10.6 Å². The first-order valence-corrected chi connectivity index (χ1v) is 7.23. The van der Waals surface area contributed by atoms with Crippen LogP contribution in [0, 0.1) is 0 Å². The van der Waals surface area contributed by atoms with E-state index < -0.39 is 5.91 Å². The maximum absolute atomic E-state index is 12.2. The predicted octanol–water partition coefficient (Wildman–Crippen LogP) is 5.56. The molecule has 0 unspecified atom stereocenters. The Balaban J connectivity index is 2.31. The normalized spacial score (nSPS) is 10.3. The Labute approximate surface area is 141 Å². The molecule has 0 aliphatic rings. The van der Waals surface area contributed by atoms with Crippen molar-refractivity contribution in [3.63, 3.8) is 0 Å². The highest BCUT2D eigenvalue weighted by molar-refractivity contribution is 6.38. The number of halogens is 4. The minimum Gasteiger partial charge on any atom is -0.494 e. The third-order valence-electron chi connectivity index (χ3n) is 2.64. The average molecular weight is 365 g/mol. The standard InChI is InChI=1S/C14H9Cl4NO2/c1-21-13-10(17)4-7(5-11(13)18)14(20)19-12-6-8(15)2-3-9(12)16/h2-6H,1H3,(H,19,20). The highest BCUT2D eigenvalue weighted by Gasteiger charge is 2.14. The molecular weight excluding hydrogens is 356 g/mol. The number of nitrogens with one attached hydrogen (secondary N) is 1. The molecule has 0 aromatic heterocycles. The minimum absolute atomic E-state index is 0.243. The van der Waals surface area contributed by atoms with Crippen LogP contribution < -0.4 is 10.1 Å². The van der Waals surface area contributed by atoms with E-state index in [-0.39, 0.29) is 15.6 Å². The van der Waals surface area contributed by atoms with Gasteiger partial charge in [-0.1, -0.05) is 46.4 Å². The van der Waals surface area contributed by atoms with Crippen LogP contribution in [-0.4, -0.2) is 13.0 Å². The molecule has 0 spiro atoms. The largest absolute Gasteiger partial charge is 0.494 e. The van der Waals surface area contributed by atoms with E-state index in [1.165, 1.54) is 19.2 Å². The van der Waals surface area contributed by atoms with Crippen LogP contribution >= 0.6 is 46.4 Å². The molecule has 2 aromatic rings. The van der Waals surface area contributed by atoms with E-state index in [0.717, 1.165) is 0 Å². The van der Waals surface area contributed by atoms with Crippen LogP contribution in [0.5, 0.6) is 5.75 Å². The van der Waals surface area contributed by atoms with Crippen LogP contribution in [0.1, 0.15) is 10.4 Å². The fourth-order valence-corrected chi connectivity index (χ4v) is 2.65. The molecule has 0 saturated heterocycles. The van der Waals surface area contributed by atoms with Crippen molar-refractivity contribution in [3.8, 4) is 5.75 Å². The molecule has 0 aliphatic heterocycles. The molecule has 0 atom stereocenters. The van der Waals surface area contributed by atoms with Gasteiger partial charge in [0.15, 0.2) is 5.75 Å². The second-order valence-electron chi connectivity index (χ2n) is 4.05. The Morgan fingerprint density at radius 1 is 1.00 bits per heavy atom. The van der Waals surface area contributed by atoms with Crippen LogP contribution in [-0.2, 0) is 0 Å². The van der Waals surface area contributed by atoms with E-state index in [0.29, 0.717) is 21.5 Å². The second kappa shape index (κ2) is 6.75. The summed E-state index contributed by atoms with van der Waals surface area (Å²) in [6.07, 6.45) is 0. The van der Waals surface area contributed by atoms with E-state index >= 15 is 0 Å². The molecular formula is C14H9Cl4NO2. The van der Waals surface area contributed by atoms with Crippen LogP contribution in [0.3, 0.4) is 0 Å². The summed E-state index contributed by atoms with van der Waals surface area (Å²) in [5.74, 6) is -0.0960. The zero-order chi connectivity index (χ0) is 15.6. The molecule has 0 bridgehead atoms. The van der Waals surface area contributed by atoms with Crippen molar-refractivity contribution >= 4 is 58.0 Å². The van der Waals surface area contributed by atoms with Crippen molar-refractivity contribution in [2.24, 2.45) is 0 Å². The smallest absolute Gasteiger partial charge is 0.255 e. The number of carbonyl (C=O) groups is 1. The number of anilines is 1. The molecule has 0 radical (unpaired) electrons. The summed E-state index contributed by atoms with van der Waals surface area (Å²) < 4.78 is 5.03. The molecule has 110 valence electrons. The molecule has 2 aromatic carbocycles. The lowest BCUT2D eigenvalue weighted by atomic mass is 10.2. The number of hydrogen-bond acceptors (Lipinski definition) is 2. The maximum Gasteiger partial charge on any atom is 0.255 e. The zero-order valence-corrected chi connectivity index (χ0v) is 13.7. The molecule has 2 rings (SSSR count). The Bertz CT molecular complexity index is 680. The SMILES string of the molecule is COc1c(Cl)cc(C(=O)Nc2cc(Cl)ccc2Cl)cc1Cl. The van der Waals surface area contributed by atoms with E-state index in [1.807, 2.05) is 0 Å². The average Bonchev–Trinajstić information content (AvgIpc) is 2.42. The highest BCUT2D eigenvalue weighted by atomic mass is 35.5. The molecule has 1 N–H and O–H groups in total. The minimum atomic E-state index is -0.411. The number of carbonyl (C=O) groups excluding carboxylic acids is 1. The summed E-state index contributed by atoms with van der Waals surface area (Å²) in [5.41, 5.74) is 0.680. The Hall–Kier alpha value is -1.13. The van der Waals surface area contributed by atoms with E-state index in [1.54, 1.807) is 18.2 Å². The van der Waals surface area contributed by atoms with Gasteiger partial charge < -0.3 is 10.1 Å².